The maximum Gasteiger partial charge on any atom is 0.429 e. The molecule has 0 bridgehead atoms. The van der Waals surface area contributed by atoms with Gasteiger partial charge in [0.1, 0.15) is 6.04 Å². The Balaban J connectivity index is 1.66. The van der Waals surface area contributed by atoms with Crippen molar-refractivity contribution in [3.63, 3.8) is 0 Å². The smallest absolute Gasteiger partial charge is 0.429 e. The van der Waals surface area contributed by atoms with E-state index in [1.807, 2.05) is 18.4 Å². The first kappa shape index (κ1) is 26.1. The second-order valence-corrected chi connectivity index (χ2v) is 9.32. The van der Waals surface area contributed by atoms with Crippen LogP contribution in [0.15, 0.2) is 66.0 Å². The first-order valence-electron chi connectivity index (χ1n) is 11.1. The topological polar surface area (TPSA) is 124 Å². The van der Waals surface area contributed by atoms with Gasteiger partial charge in [0.15, 0.2) is 0 Å². The number of aromatic nitrogens is 2. The van der Waals surface area contributed by atoms with Crippen molar-refractivity contribution >= 4 is 23.3 Å². The Bertz CT molecular complexity index is 1410. The van der Waals surface area contributed by atoms with E-state index in [0.717, 1.165) is 5.56 Å². The summed E-state index contributed by atoms with van der Waals surface area (Å²) in [6.45, 7) is 1.87. The zero-order valence-corrected chi connectivity index (χ0v) is 20.4. The Morgan fingerprint density at radius 3 is 2.43 bits per heavy atom. The van der Waals surface area contributed by atoms with Crippen LogP contribution >= 0.6 is 11.3 Å². The average molecular weight is 529 g/mol. The van der Waals surface area contributed by atoms with Gasteiger partial charge in [-0.05, 0) is 41.5 Å². The van der Waals surface area contributed by atoms with Crippen LogP contribution in [0.5, 0.6) is 5.88 Å². The molecule has 0 aliphatic rings. The van der Waals surface area contributed by atoms with Crippen molar-refractivity contribution < 1.29 is 27.8 Å². The van der Waals surface area contributed by atoms with E-state index >= 15 is 0 Å². The van der Waals surface area contributed by atoms with Crippen molar-refractivity contribution in [2.45, 2.75) is 31.7 Å². The molecule has 11 heteroatoms. The van der Waals surface area contributed by atoms with Gasteiger partial charge in [-0.25, -0.2) is 4.98 Å². The summed E-state index contributed by atoms with van der Waals surface area (Å²) in [7, 11) is 0. The van der Waals surface area contributed by atoms with Crippen molar-refractivity contribution in [2.24, 2.45) is 5.73 Å². The average Bonchev–Trinajstić information content (AvgIpc) is 3.28. The Hall–Kier alpha value is -3.96. The van der Waals surface area contributed by atoms with E-state index in [0.29, 0.717) is 21.6 Å². The Morgan fingerprint density at radius 1 is 1.11 bits per heavy atom. The molecule has 0 fully saturated rings. The Morgan fingerprint density at radius 2 is 1.81 bits per heavy atom. The Labute approximate surface area is 214 Å². The molecule has 7 nitrogen and oxygen atoms in total. The molecule has 37 heavy (non-hydrogen) atoms. The number of benzene rings is 2. The van der Waals surface area contributed by atoms with E-state index in [1.165, 1.54) is 29.5 Å². The largest absolute Gasteiger partial charge is 0.480 e. The molecule has 2 heterocycles. The number of anilines is 1. The van der Waals surface area contributed by atoms with Crippen LogP contribution in [0, 0.1) is 6.92 Å². The molecular formula is C26H23F3N4O3S. The van der Waals surface area contributed by atoms with E-state index in [-0.39, 0.29) is 29.5 Å². The lowest BCUT2D eigenvalue weighted by Crippen LogP contribution is -2.32. The van der Waals surface area contributed by atoms with Gasteiger partial charge >= 0.3 is 12.1 Å². The summed E-state index contributed by atoms with van der Waals surface area (Å²) < 4.78 is 48.3. The summed E-state index contributed by atoms with van der Waals surface area (Å²) in [5.41, 5.74) is 14.2. The van der Waals surface area contributed by atoms with E-state index < -0.39 is 24.3 Å². The van der Waals surface area contributed by atoms with Crippen LogP contribution in [0.3, 0.4) is 0 Å². The highest BCUT2D eigenvalue weighted by atomic mass is 32.1. The lowest BCUT2D eigenvalue weighted by Gasteiger charge is -2.24. The monoisotopic (exact) mass is 528 g/mol. The number of halogens is 3. The third-order valence-electron chi connectivity index (χ3n) is 5.52. The van der Waals surface area contributed by atoms with Gasteiger partial charge in [-0.2, -0.15) is 18.2 Å². The minimum absolute atomic E-state index is 0.0466. The number of ether oxygens (including phenoxy) is 1. The first-order valence-corrected chi connectivity index (χ1v) is 12.0. The second-order valence-electron chi connectivity index (χ2n) is 8.41. The van der Waals surface area contributed by atoms with Gasteiger partial charge in [0, 0.05) is 22.1 Å². The normalized spacial score (nSPS) is 13.2. The molecule has 2 atom stereocenters. The number of aliphatic carboxylic acids is 1. The zero-order valence-electron chi connectivity index (χ0n) is 19.6. The summed E-state index contributed by atoms with van der Waals surface area (Å²) in [5, 5.41) is 10.9. The van der Waals surface area contributed by atoms with Crippen molar-refractivity contribution in [1.29, 1.82) is 0 Å². The molecule has 4 aromatic rings. The van der Waals surface area contributed by atoms with Gasteiger partial charge in [0.2, 0.25) is 17.9 Å². The van der Waals surface area contributed by atoms with Crippen molar-refractivity contribution in [1.82, 2.24) is 9.97 Å². The molecule has 2 aromatic carbocycles. The number of rotatable bonds is 8. The molecule has 0 aliphatic carbocycles. The van der Waals surface area contributed by atoms with E-state index in [2.05, 4.69) is 9.97 Å². The minimum atomic E-state index is -4.74. The van der Waals surface area contributed by atoms with Crippen molar-refractivity contribution in [3.05, 3.63) is 82.7 Å². The van der Waals surface area contributed by atoms with E-state index in [4.69, 9.17) is 21.3 Å². The second kappa shape index (κ2) is 10.6. The molecule has 2 aromatic heterocycles. The summed E-state index contributed by atoms with van der Waals surface area (Å²) in [6.07, 6.45) is -6.92. The molecule has 0 radical (unpaired) electrons. The summed E-state index contributed by atoms with van der Waals surface area (Å²) in [5.74, 6) is -1.71. The van der Waals surface area contributed by atoms with Crippen molar-refractivity contribution in [2.75, 3.05) is 5.73 Å². The van der Waals surface area contributed by atoms with Crippen LogP contribution in [0.4, 0.5) is 19.1 Å². The molecule has 0 saturated heterocycles. The standard InChI is InChI=1S/C26H23F3N4O3S/c1-14-10-21(37-13-14)17-4-2-3-5-18(17)23(26(27,28)29)36-22-12-20(32-25(31)33-22)16-8-6-15(7-9-16)11-19(30)24(34)35/h2-10,12-13,19,23H,11,30H2,1H3,(H,34,35)(H2,31,32,33)/t19-,23?/m0/s1. The van der Waals surface area contributed by atoms with Crippen LogP contribution in [-0.4, -0.2) is 33.3 Å². The van der Waals surface area contributed by atoms with Gasteiger partial charge < -0.3 is 21.3 Å². The minimum Gasteiger partial charge on any atom is -0.480 e. The molecule has 4 rings (SSSR count). The number of nitrogens with two attached hydrogens (primary N) is 2. The highest BCUT2D eigenvalue weighted by Gasteiger charge is 2.44. The molecule has 192 valence electrons. The summed E-state index contributed by atoms with van der Waals surface area (Å²) in [4.78, 5) is 19.7. The van der Waals surface area contributed by atoms with Gasteiger partial charge in [-0.15, -0.1) is 11.3 Å². The van der Waals surface area contributed by atoms with Crippen LogP contribution in [0.2, 0.25) is 0 Å². The molecule has 0 spiro atoms. The van der Waals surface area contributed by atoms with Gasteiger partial charge in [-0.3, -0.25) is 4.79 Å². The molecule has 0 aliphatic heterocycles. The van der Waals surface area contributed by atoms with Crippen LogP contribution in [0.25, 0.3) is 21.7 Å². The van der Waals surface area contributed by atoms with Crippen molar-refractivity contribution in [3.8, 4) is 27.6 Å². The predicted molar refractivity (Wildman–Crippen MR) is 135 cm³/mol. The van der Waals surface area contributed by atoms with Gasteiger partial charge in [0.05, 0.1) is 5.69 Å². The quantitative estimate of drug-likeness (QED) is 0.280. The van der Waals surface area contributed by atoms with E-state index in [1.54, 1.807) is 36.4 Å². The molecule has 0 amide bonds. The number of carboxylic acid groups (broad SMARTS) is 1. The molecule has 0 saturated carbocycles. The van der Waals surface area contributed by atoms with Crippen LogP contribution < -0.4 is 16.2 Å². The lowest BCUT2D eigenvalue weighted by atomic mass is 10.00. The number of thiophene rings is 1. The number of hydrogen-bond donors (Lipinski definition) is 3. The Kier molecular flexibility index (Phi) is 7.46. The summed E-state index contributed by atoms with van der Waals surface area (Å²) >= 11 is 1.35. The number of carboxylic acids is 1. The maximum absolute atomic E-state index is 14.3. The predicted octanol–water partition coefficient (Wildman–Crippen LogP) is 5.40. The van der Waals surface area contributed by atoms with E-state index in [9.17, 15) is 18.0 Å². The van der Waals surface area contributed by atoms with Gasteiger partial charge in [0.25, 0.3) is 0 Å². The highest BCUT2D eigenvalue weighted by Crippen LogP contribution is 2.42. The van der Waals surface area contributed by atoms with Gasteiger partial charge in [-0.1, -0.05) is 48.5 Å². The first-order chi connectivity index (χ1) is 17.5. The number of aryl methyl sites for hydroxylation is 1. The fourth-order valence-corrected chi connectivity index (χ4v) is 4.70. The third kappa shape index (κ3) is 6.25. The number of carbonyl (C=O) groups is 1. The fourth-order valence-electron chi connectivity index (χ4n) is 3.75. The fraction of sp³-hybridized carbons (Fsp3) is 0.192. The van der Waals surface area contributed by atoms with Crippen LogP contribution in [-0.2, 0) is 11.2 Å². The number of nitrogen functional groups attached to an aromatic ring is 1. The number of alkyl halides is 3. The number of hydrogen-bond acceptors (Lipinski definition) is 7. The highest BCUT2D eigenvalue weighted by molar-refractivity contribution is 7.13. The number of nitrogens with zero attached hydrogens (tertiary/aromatic N) is 2. The van der Waals surface area contributed by atoms with Crippen LogP contribution in [0.1, 0.15) is 22.8 Å². The molecular weight excluding hydrogens is 505 g/mol. The maximum atomic E-state index is 14.3. The lowest BCUT2D eigenvalue weighted by molar-refractivity contribution is -0.198. The molecule has 1 unspecified atom stereocenters. The molecule has 5 N–H and O–H groups in total. The zero-order chi connectivity index (χ0) is 26.7. The summed E-state index contributed by atoms with van der Waals surface area (Å²) in [6, 6.07) is 14.9. The third-order valence-corrected chi connectivity index (χ3v) is 6.60. The SMILES string of the molecule is Cc1csc(-c2ccccc2C(Oc2cc(-c3ccc(C[C@H](N)C(=O)O)cc3)nc(N)n2)C(F)(F)F)c1.